The molecule has 13 heteroatoms. The molecule has 1 aliphatic heterocycles. The van der Waals surface area contributed by atoms with E-state index in [0.29, 0.717) is 34.4 Å². The molecule has 0 radical (unpaired) electrons. The van der Waals surface area contributed by atoms with E-state index in [0.717, 1.165) is 50.2 Å². The van der Waals surface area contributed by atoms with E-state index in [9.17, 15) is 18.0 Å². The van der Waals surface area contributed by atoms with E-state index in [-0.39, 0.29) is 17.5 Å². The summed E-state index contributed by atoms with van der Waals surface area (Å²) < 4.78 is 48.5. The van der Waals surface area contributed by atoms with Gasteiger partial charge in [-0.25, -0.2) is 15.0 Å². The van der Waals surface area contributed by atoms with Crippen molar-refractivity contribution in [3.05, 3.63) is 47.7 Å². The number of nitrogens with one attached hydrogen (secondary N) is 2. The van der Waals surface area contributed by atoms with E-state index in [4.69, 9.17) is 4.74 Å². The van der Waals surface area contributed by atoms with Crippen LogP contribution in [-0.2, 0) is 6.18 Å². The molecule has 3 aromatic heterocycles. The van der Waals surface area contributed by atoms with Gasteiger partial charge in [-0.05, 0) is 43.9 Å². The smallest absolute Gasteiger partial charge is 0.434 e. The Morgan fingerprint density at radius 2 is 2.03 bits per heavy atom. The summed E-state index contributed by atoms with van der Waals surface area (Å²) in [4.78, 5) is 26.9. The highest BCUT2D eigenvalue weighted by Crippen LogP contribution is 2.30. The molecule has 1 fully saturated rings. The van der Waals surface area contributed by atoms with Crippen LogP contribution >= 0.6 is 11.5 Å². The van der Waals surface area contributed by atoms with Gasteiger partial charge in [-0.15, -0.1) is 0 Å². The third-order valence-corrected chi connectivity index (χ3v) is 6.84. The number of nitrogens with zero attached hydrogens (tertiary/aromatic N) is 5. The van der Waals surface area contributed by atoms with Crippen LogP contribution in [0.2, 0.25) is 0 Å². The monoisotopic (exact) mass is 535 g/mol. The van der Waals surface area contributed by atoms with E-state index in [1.165, 1.54) is 6.20 Å². The van der Waals surface area contributed by atoms with Crippen LogP contribution in [0.5, 0.6) is 5.88 Å². The van der Waals surface area contributed by atoms with Crippen LogP contribution < -0.4 is 15.4 Å². The Kier molecular flexibility index (Phi) is 8.22. The fourth-order valence-corrected chi connectivity index (χ4v) is 4.96. The molecule has 0 unspecified atom stereocenters. The highest BCUT2D eigenvalue weighted by atomic mass is 32.1. The number of hydrogen-bond acceptors (Lipinski definition) is 9. The van der Waals surface area contributed by atoms with Crippen LogP contribution in [0.4, 0.5) is 29.7 Å². The van der Waals surface area contributed by atoms with Gasteiger partial charge in [0, 0.05) is 25.1 Å². The lowest BCUT2D eigenvalue weighted by molar-refractivity contribution is -0.141. The van der Waals surface area contributed by atoms with Crippen LogP contribution in [0.25, 0.3) is 0 Å². The number of carbonyl (C=O) groups is 1. The Morgan fingerprint density at radius 1 is 1.22 bits per heavy atom. The molecule has 0 aliphatic carbocycles. The van der Waals surface area contributed by atoms with Crippen LogP contribution in [0.3, 0.4) is 0 Å². The molecule has 1 amide bonds. The minimum atomic E-state index is -4.59. The van der Waals surface area contributed by atoms with Crippen molar-refractivity contribution in [2.75, 3.05) is 30.3 Å². The molecule has 4 heterocycles. The molecule has 2 N–H and O–H groups in total. The SMILES string of the molecule is CCCN1CC[C@H](Oc2ccc(NC(=O)c3c(C)nsc3Nc3cnc(C(F)(F)F)cn3)cn2)[C@H](C)C1. The van der Waals surface area contributed by atoms with Gasteiger partial charge in [0.25, 0.3) is 5.91 Å². The maximum Gasteiger partial charge on any atom is 0.434 e. The average molecular weight is 536 g/mol. The highest BCUT2D eigenvalue weighted by molar-refractivity contribution is 7.10. The largest absolute Gasteiger partial charge is 0.474 e. The Balaban J connectivity index is 1.37. The summed E-state index contributed by atoms with van der Waals surface area (Å²) >= 11 is 0.994. The number of anilines is 3. The predicted molar refractivity (Wildman–Crippen MR) is 134 cm³/mol. The van der Waals surface area contributed by atoms with E-state index in [2.05, 4.69) is 48.7 Å². The Morgan fingerprint density at radius 3 is 2.65 bits per heavy atom. The third-order valence-electron chi connectivity index (χ3n) is 5.99. The first-order chi connectivity index (χ1) is 17.6. The number of rotatable bonds is 8. The maximum atomic E-state index is 13.0. The number of alkyl halides is 3. The van der Waals surface area contributed by atoms with Crippen LogP contribution in [-0.4, -0.2) is 55.9 Å². The summed E-state index contributed by atoms with van der Waals surface area (Å²) in [5, 5.41) is 5.94. The van der Waals surface area contributed by atoms with Crippen LogP contribution in [0.15, 0.2) is 30.7 Å². The number of piperidine rings is 1. The molecule has 2 atom stereocenters. The lowest BCUT2D eigenvalue weighted by Crippen LogP contribution is -2.44. The lowest BCUT2D eigenvalue weighted by atomic mass is 9.96. The van der Waals surface area contributed by atoms with Gasteiger partial charge in [0.15, 0.2) is 5.69 Å². The Bertz CT molecular complexity index is 1200. The summed E-state index contributed by atoms with van der Waals surface area (Å²) in [7, 11) is 0. The molecular weight excluding hydrogens is 507 g/mol. The van der Waals surface area contributed by atoms with E-state index < -0.39 is 17.8 Å². The Hall–Kier alpha value is -3.32. The van der Waals surface area contributed by atoms with Crippen molar-refractivity contribution in [2.24, 2.45) is 5.92 Å². The molecule has 37 heavy (non-hydrogen) atoms. The number of pyridine rings is 1. The van der Waals surface area contributed by atoms with Crippen molar-refractivity contribution in [1.82, 2.24) is 24.2 Å². The van der Waals surface area contributed by atoms with Crippen LogP contribution in [0.1, 0.15) is 48.4 Å². The lowest BCUT2D eigenvalue weighted by Gasteiger charge is -2.36. The molecule has 3 aromatic rings. The average Bonchev–Trinajstić information content (AvgIpc) is 3.22. The zero-order valence-corrected chi connectivity index (χ0v) is 21.5. The number of aromatic nitrogens is 4. The Labute approximate surface area is 216 Å². The molecule has 0 saturated carbocycles. The second-order valence-corrected chi connectivity index (χ2v) is 9.72. The summed E-state index contributed by atoms with van der Waals surface area (Å²) in [6.45, 7) is 9.11. The molecule has 198 valence electrons. The molecule has 1 saturated heterocycles. The van der Waals surface area contributed by atoms with E-state index in [1.807, 2.05) is 0 Å². The van der Waals surface area contributed by atoms with Gasteiger partial charge in [-0.3, -0.25) is 4.79 Å². The fraction of sp³-hybridized carbons (Fsp3) is 0.458. The number of aryl methyl sites for hydroxylation is 1. The number of amides is 1. The van der Waals surface area contributed by atoms with Gasteiger partial charge < -0.3 is 20.3 Å². The maximum absolute atomic E-state index is 13.0. The first-order valence-corrected chi connectivity index (χ1v) is 12.7. The topological polar surface area (TPSA) is 105 Å². The molecule has 4 rings (SSSR count). The van der Waals surface area contributed by atoms with Crippen molar-refractivity contribution in [1.29, 1.82) is 0 Å². The van der Waals surface area contributed by atoms with Crippen molar-refractivity contribution >= 4 is 33.9 Å². The predicted octanol–water partition coefficient (Wildman–Crippen LogP) is 5.15. The number of halogens is 3. The zero-order chi connectivity index (χ0) is 26.6. The normalized spacial score (nSPS) is 18.4. The van der Waals surface area contributed by atoms with E-state index in [1.54, 1.807) is 19.1 Å². The first-order valence-electron chi connectivity index (χ1n) is 11.9. The van der Waals surface area contributed by atoms with Crippen molar-refractivity contribution in [3.8, 4) is 5.88 Å². The van der Waals surface area contributed by atoms with Crippen molar-refractivity contribution < 1.29 is 22.7 Å². The number of carbonyl (C=O) groups excluding carboxylic acids is 1. The number of hydrogen-bond donors (Lipinski definition) is 2. The summed E-state index contributed by atoms with van der Waals surface area (Å²) in [6.07, 6.45) is 0.670. The third kappa shape index (κ3) is 6.72. The quantitative estimate of drug-likeness (QED) is 0.408. The highest BCUT2D eigenvalue weighted by Gasteiger charge is 2.33. The standard InChI is InChI=1S/C24H28F3N7O2S/c1-4-8-34-9-7-17(14(2)13-34)36-20-6-5-16(10-30-20)31-22(35)21-15(3)33-37-23(21)32-19-12-28-18(11-29-19)24(25,26)27/h5-6,10-12,14,17H,4,7-9,13H2,1-3H3,(H,29,32)(H,31,35)/t14-,17+/m1/s1. The van der Waals surface area contributed by atoms with Gasteiger partial charge in [-0.1, -0.05) is 13.8 Å². The molecule has 0 bridgehead atoms. The van der Waals surface area contributed by atoms with E-state index >= 15 is 0 Å². The van der Waals surface area contributed by atoms with Gasteiger partial charge >= 0.3 is 6.18 Å². The first kappa shape index (κ1) is 26.7. The summed E-state index contributed by atoms with van der Waals surface area (Å²) in [5.74, 6) is 0.496. The minimum absolute atomic E-state index is 0.0589. The molecule has 1 aliphatic rings. The van der Waals surface area contributed by atoms with Gasteiger partial charge in [0.1, 0.15) is 16.9 Å². The van der Waals surface area contributed by atoms with Crippen molar-refractivity contribution in [3.63, 3.8) is 0 Å². The van der Waals surface area contributed by atoms with Gasteiger partial charge in [0.2, 0.25) is 5.88 Å². The number of ether oxygens (including phenoxy) is 1. The second-order valence-electron chi connectivity index (χ2n) is 8.94. The second kappa shape index (κ2) is 11.4. The van der Waals surface area contributed by atoms with Gasteiger partial charge in [0.05, 0.1) is 35.5 Å². The van der Waals surface area contributed by atoms with Crippen molar-refractivity contribution in [2.45, 2.75) is 45.9 Å². The molecule has 0 aromatic carbocycles. The minimum Gasteiger partial charge on any atom is -0.474 e. The summed E-state index contributed by atoms with van der Waals surface area (Å²) in [6, 6.07) is 3.43. The summed E-state index contributed by atoms with van der Waals surface area (Å²) in [5.41, 5.74) is 0.0720. The number of likely N-dealkylation sites (tertiary alicyclic amines) is 1. The molecular formula is C24H28F3N7O2S. The molecule has 9 nitrogen and oxygen atoms in total. The fourth-order valence-electron chi connectivity index (χ4n) is 4.16. The zero-order valence-electron chi connectivity index (χ0n) is 20.7. The van der Waals surface area contributed by atoms with Gasteiger partial charge in [-0.2, -0.15) is 17.5 Å². The van der Waals surface area contributed by atoms with Crippen LogP contribution in [0, 0.1) is 12.8 Å². The molecule has 0 spiro atoms.